The van der Waals surface area contributed by atoms with Crippen LogP contribution in [0.15, 0.2) is 35.0 Å². The predicted molar refractivity (Wildman–Crippen MR) is 117 cm³/mol. The van der Waals surface area contributed by atoms with Crippen LogP contribution in [0.5, 0.6) is 0 Å². The lowest BCUT2D eigenvalue weighted by molar-refractivity contribution is 0.446. The van der Waals surface area contributed by atoms with E-state index in [2.05, 4.69) is 6.58 Å². The van der Waals surface area contributed by atoms with Gasteiger partial charge in [0.15, 0.2) is 58.2 Å². The summed E-state index contributed by atoms with van der Waals surface area (Å²) in [6.45, 7) is 2.90. The molecule has 0 amide bonds. The van der Waals surface area contributed by atoms with Gasteiger partial charge in [-0.3, -0.25) is 0 Å². The normalized spacial score (nSPS) is 12.2. The fraction of sp³-hybridized carbons (Fsp3) is 0. The number of allylic oxidation sites excluding steroid dienone is 7. The summed E-state index contributed by atoms with van der Waals surface area (Å²) in [6, 6.07) is 4.82. The van der Waals surface area contributed by atoms with Gasteiger partial charge in [-0.2, -0.15) is 31.6 Å². The van der Waals surface area contributed by atoms with Crippen molar-refractivity contribution in [3.05, 3.63) is 104 Å². The van der Waals surface area contributed by atoms with Crippen LogP contribution in [0.1, 0.15) is 22.3 Å². The standard InChI is InChI=1S/C26H2F10N6/c1-8(2-37)14(9(3-38)15-23(33)19(29)12(6-41)20(30)24(15)34)18(28)11(5-40)17(27)10(4-39)16-25(35)21(31)13(7-42)22(32)26(16)36/h1H2/b14-9-,17-10-,18-11+. The van der Waals surface area contributed by atoms with Gasteiger partial charge in [-0.1, -0.05) is 6.58 Å². The lowest BCUT2D eigenvalue weighted by Crippen LogP contribution is -2.09. The van der Waals surface area contributed by atoms with Crippen molar-refractivity contribution in [1.82, 2.24) is 0 Å². The topological polar surface area (TPSA) is 143 Å². The molecule has 16 heteroatoms. The first-order valence-corrected chi connectivity index (χ1v) is 10.1. The molecule has 0 N–H and O–H groups in total. The summed E-state index contributed by atoms with van der Waals surface area (Å²) in [5, 5.41) is 54.6. The quantitative estimate of drug-likeness (QED) is 0.168. The maximum atomic E-state index is 15.6. The number of hydrogen-bond donors (Lipinski definition) is 0. The smallest absolute Gasteiger partial charge is 0.180 e. The molecule has 0 heterocycles. The van der Waals surface area contributed by atoms with Gasteiger partial charge in [-0.05, 0) is 0 Å². The Hall–Kier alpha value is -6.36. The van der Waals surface area contributed by atoms with Gasteiger partial charge in [0.1, 0.15) is 52.6 Å². The number of halogens is 10. The van der Waals surface area contributed by atoms with E-state index in [4.69, 9.17) is 10.5 Å². The maximum absolute atomic E-state index is 15.6. The average Bonchev–Trinajstić information content (AvgIpc) is 2.97. The molecular formula is C26H2F10N6. The molecule has 0 saturated heterocycles. The third-order valence-corrected chi connectivity index (χ3v) is 5.15. The Morgan fingerprint density at radius 3 is 1.12 bits per heavy atom. The van der Waals surface area contributed by atoms with Crippen molar-refractivity contribution in [2.75, 3.05) is 0 Å². The van der Waals surface area contributed by atoms with E-state index >= 15 is 8.78 Å². The first-order valence-electron chi connectivity index (χ1n) is 10.1. The molecule has 2 rings (SSSR count). The molecule has 0 radical (unpaired) electrons. The van der Waals surface area contributed by atoms with Gasteiger partial charge in [-0.25, -0.2) is 43.9 Å². The molecule has 0 saturated carbocycles. The van der Waals surface area contributed by atoms with Gasteiger partial charge >= 0.3 is 0 Å². The third kappa shape index (κ3) is 4.89. The number of rotatable bonds is 5. The number of benzene rings is 2. The molecule has 0 aliphatic rings. The van der Waals surface area contributed by atoms with Crippen molar-refractivity contribution >= 4 is 11.1 Å². The summed E-state index contributed by atoms with van der Waals surface area (Å²) in [5.74, 6) is -25.0. The SMILES string of the molecule is C=C(C#N)C(/C(F)=C(C#N)\C(F)=C(/C#N)c1c(F)c(F)c(C#N)c(F)c1F)=C(\C#N)c1c(F)c(F)c(C#N)c(F)c1F. The van der Waals surface area contributed by atoms with Crippen LogP contribution in [-0.2, 0) is 0 Å². The Labute approximate surface area is 227 Å². The molecule has 206 valence electrons. The van der Waals surface area contributed by atoms with E-state index in [1.54, 1.807) is 0 Å². The Morgan fingerprint density at radius 1 is 0.476 bits per heavy atom. The van der Waals surface area contributed by atoms with Crippen LogP contribution < -0.4 is 0 Å². The van der Waals surface area contributed by atoms with Crippen LogP contribution in [0.4, 0.5) is 43.9 Å². The molecule has 0 aliphatic carbocycles. The zero-order valence-electron chi connectivity index (χ0n) is 19.7. The van der Waals surface area contributed by atoms with Crippen LogP contribution >= 0.6 is 0 Å². The van der Waals surface area contributed by atoms with Gasteiger partial charge in [0.25, 0.3) is 0 Å². The molecule has 0 aromatic heterocycles. The lowest BCUT2D eigenvalue weighted by atomic mass is 9.91. The summed E-state index contributed by atoms with van der Waals surface area (Å²) in [7, 11) is 0. The van der Waals surface area contributed by atoms with E-state index in [1.807, 2.05) is 0 Å². The first-order chi connectivity index (χ1) is 19.7. The minimum Gasteiger partial charge on any atom is -0.205 e. The summed E-state index contributed by atoms with van der Waals surface area (Å²) in [4.78, 5) is 0. The largest absolute Gasteiger partial charge is 0.205 e. The van der Waals surface area contributed by atoms with Gasteiger partial charge < -0.3 is 0 Å². The van der Waals surface area contributed by atoms with Gasteiger partial charge in [0.2, 0.25) is 0 Å². The molecule has 0 bridgehead atoms. The van der Waals surface area contributed by atoms with E-state index in [0.29, 0.717) is 12.1 Å². The highest BCUT2D eigenvalue weighted by Crippen LogP contribution is 2.39. The van der Waals surface area contributed by atoms with Crippen molar-refractivity contribution in [3.8, 4) is 36.4 Å². The van der Waals surface area contributed by atoms with Crippen LogP contribution in [0.2, 0.25) is 0 Å². The molecule has 6 nitrogen and oxygen atoms in total. The minimum absolute atomic E-state index is 0.700. The zero-order chi connectivity index (χ0) is 32.2. The molecule has 0 aliphatic heterocycles. The van der Waals surface area contributed by atoms with E-state index in [9.17, 15) is 56.2 Å². The number of nitriles is 6. The maximum Gasteiger partial charge on any atom is 0.180 e. The molecule has 0 spiro atoms. The summed E-state index contributed by atoms with van der Waals surface area (Å²) in [5.41, 5.74) is -17.4. The van der Waals surface area contributed by atoms with Crippen LogP contribution in [0.3, 0.4) is 0 Å². The van der Waals surface area contributed by atoms with Gasteiger partial charge in [0, 0.05) is 5.57 Å². The van der Waals surface area contributed by atoms with E-state index in [1.165, 1.54) is 0 Å². The van der Waals surface area contributed by atoms with E-state index < -0.39 is 108 Å². The molecule has 0 atom stereocenters. The first kappa shape index (κ1) is 31.9. The molecular weight excluding hydrogens is 586 g/mol. The minimum atomic E-state index is -2.64. The second-order valence-electron chi connectivity index (χ2n) is 7.29. The Bertz CT molecular complexity index is 1900. The van der Waals surface area contributed by atoms with Crippen LogP contribution in [-0.4, -0.2) is 0 Å². The summed E-state index contributed by atoms with van der Waals surface area (Å²) >= 11 is 0. The number of nitrogens with zero attached hydrogens (tertiary/aromatic N) is 6. The van der Waals surface area contributed by atoms with Gasteiger partial charge in [-0.15, -0.1) is 0 Å². The highest BCUT2D eigenvalue weighted by Gasteiger charge is 2.34. The zero-order valence-corrected chi connectivity index (χ0v) is 19.7. The fourth-order valence-corrected chi connectivity index (χ4v) is 3.24. The van der Waals surface area contributed by atoms with Crippen molar-refractivity contribution in [3.63, 3.8) is 0 Å². The van der Waals surface area contributed by atoms with Crippen molar-refractivity contribution in [2.24, 2.45) is 0 Å². The number of hydrogen-bond acceptors (Lipinski definition) is 6. The Morgan fingerprint density at radius 2 is 0.833 bits per heavy atom. The highest BCUT2D eigenvalue weighted by molar-refractivity contribution is 5.89. The van der Waals surface area contributed by atoms with Crippen molar-refractivity contribution < 1.29 is 43.9 Å². The van der Waals surface area contributed by atoms with E-state index in [-0.39, 0.29) is 0 Å². The molecule has 0 unspecified atom stereocenters. The average molecular weight is 588 g/mol. The second kappa shape index (κ2) is 12.2. The predicted octanol–water partition coefficient (Wildman–Crippen LogP) is 6.55. The fourth-order valence-electron chi connectivity index (χ4n) is 3.24. The van der Waals surface area contributed by atoms with E-state index in [0.717, 1.165) is 24.3 Å². The van der Waals surface area contributed by atoms with Crippen molar-refractivity contribution in [1.29, 1.82) is 31.6 Å². The molecule has 2 aromatic carbocycles. The molecule has 42 heavy (non-hydrogen) atoms. The second-order valence-corrected chi connectivity index (χ2v) is 7.29. The summed E-state index contributed by atoms with van der Waals surface area (Å²) < 4.78 is 146. The van der Waals surface area contributed by atoms with Crippen LogP contribution in [0.25, 0.3) is 11.1 Å². The Kier molecular flexibility index (Phi) is 9.27. The Balaban J connectivity index is 3.23. The van der Waals surface area contributed by atoms with Gasteiger partial charge in [0.05, 0.1) is 28.3 Å². The monoisotopic (exact) mass is 588 g/mol. The summed E-state index contributed by atoms with van der Waals surface area (Å²) in [6.07, 6.45) is 0. The molecule has 0 fully saturated rings. The molecule has 2 aromatic rings. The van der Waals surface area contributed by atoms with Crippen LogP contribution in [0, 0.1) is 115 Å². The third-order valence-electron chi connectivity index (χ3n) is 5.15. The lowest BCUT2D eigenvalue weighted by Gasteiger charge is -2.13. The highest BCUT2D eigenvalue weighted by atomic mass is 19.2. The van der Waals surface area contributed by atoms with Crippen molar-refractivity contribution in [2.45, 2.75) is 0 Å².